The average Bonchev–Trinajstić information content (AvgIpc) is 2.80. The fourth-order valence-electron chi connectivity index (χ4n) is 1.99. The molecule has 0 aliphatic carbocycles. The Morgan fingerprint density at radius 2 is 1.95 bits per heavy atom. The Kier molecular flexibility index (Phi) is 7.70. The Morgan fingerprint density at radius 3 is 2.42 bits per heavy atom. The zero-order valence-corrected chi connectivity index (χ0v) is 12.6. The number of hydrogen-bond acceptors (Lipinski definition) is 4. The molecule has 0 saturated heterocycles. The van der Waals surface area contributed by atoms with Gasteiger partial charge in [-0.1, -0.05) is 6.92 Å². The van der Waals surface area contributed by atoms with Gasteiger partial charge in [-0.05, 0) is 26.8 Å². The van der Waals surface area contributed by atoms with E-state index in [1.165, 1.54) is 0 Å². The highest BCUT2D eigenvalue weighted by atomic mass is 16.7. The van der Waals surface area contributed by atoms with Gasteiger partial charge in [-0.2, -0.15) is 0 Å². The first-order chi connectivity index (χ1) is 9.22. The highest BCUT2D eigenvalue weighted by Gasteiger charge is 2.23. The smallest absolute Gasteiger partial charge is 0.173 e. The Morgan fingerprint density at radius 1 is 1.26 bits per heavy atom. The van der Waals surface area contributed by atoms with Gasteiger partial charge in [-0.15, -0.1) is 0 Å². The maximum absolute atomic E-state index is 5.71. The normalized spacial score (nSPS) is 13.1. The summed E-state index contributed by atoms with van der Waals surface area (Å²) in [5, 5.41) is 3.50. The second-order valence-electron chi connectivity index (χ2n) is 4.50. The molecule has 0 amide bonds. The molecule has 5 nitrogen and oxygen atoms in total. The van der Waals surface area contributed by atoms with Crippen LogP contribution in [0.15, 0.2) is 12.4 Å². The molecule has 5 heteroatoms. The third-order valence-electron chi connectivity index (χ3n) is 2.97. The lowest BCUT2D eigenvalue weighted by atomic mass is 10.1. The van der Waals surface area contributed by atoms with Crippen molar-refractivity contribution in [3.63, 3.8) is 0 Å². The summed E-state index contributed by atoms with van der Waals surface area (Å²) in [6, 6.07) is 0.126. The first kappa shape index (κ1) is 16.1. The number of ether oxygens (including phenoxy) is 2. The van der Waals surface area contributed by atoms with E-state index in [4.69, 9.17) is 9.47 Å². The minimum Gasteiger partial charge on any atom is -0.351 e. The van der Waals surface area contributed by atoms with Crippen LogP contribution in [0.3, 0.4) is 0 Å². The average molecular weight is 269 g/mol. The van der Waals surface area contributed by atoms with E-state index in [9.17, 15) is 0 Å². The van der Waals surface area contributed by atoms with Crippen molar-refractivity contribution in [1.82, 2.24) is 14.9 Å². The summed E-state index contributed by atoms with van der Waals surface area (Å²) in [5.41, 5.74) is 0. The third-order valence-corrected chi connectivity index (χ3v) is 2.97. The topological polar surface area (TPSA) is 48.3 Å². The van der Waals surface area contributed by atoms with Crippen molar-refractivity contribution in [2.24, 2.45) is 7.05 Å². The van der Waals surface area contributed by atoms with Crippen LogP contribution in [0.1, 0.15) is 33.0 Å². The number of nitrogens with one attached hydrogen (secondary N) is 1. The van der Waals surface area contributed by atoms with Crippen LogP contribution in [0.5, 0.6) is 0 Å². The molecular formula is C14H27N3O2. The molecule has 1 N–H and O–H groups in total. The maximum Gasteiger partial charge on any atom is 0.173 e. The molecular weight excluding hydrogens is 242 g/mol. The predicted molar refractivity (Wildman–Crippen MR) is 76.0 cm³/mol. The monoisotopic (exact) mass is 269 g/mol. The molecule has 1 rings (SSSR count). The number of nitrogens with zero attached hydrogens (tertiary/aromatic N) is 2. The summed E-state index contributed by atoms with van der Waals surface area (Å²) in [4.78, 5) is 4.38. The molecule has 0 radical (unpaired) electrons. The fourth-order valence-corrected chi connectivity index (χ4v) is 1.99. The van der Waals surface area contributed by atoms with Gasteiger partial charge in [0.1, 0.15) is 5.82 Å². The van der Waals surface area contributed by atoms with Crippen molar-refractivity contribution in [2.75, 3.05) is 19.8 Å². The number of aryl methyl sites for hydroxylation is 1. The lowest BCUT2D eigenvalue weighted by Gasteiger charge is -2.27. The van der Waals surface area contributed by atoms with Crippen LogP contribution in [0.4, 0.5) is 0 Å². The molecule has 1 unspecified atom stereocenters. The number of hydrogen-bond donors (Lipinski definition) is 1. The van der Waals surface area contributed by atoms with Crippen molar-refractivity contribution in [2.45, 2.75) is 45.9 Å². The lowest BCUT2D eigenvalue weighted by Crippen LogP contribution is -2.45. The molecule has 19 heavy (non-hydrogen) atoms. The molecule has 0 saturated carbocycles. The van der Waals surface area contributed by atoms with Crippen LogP contribution in [0.25, 0.3) is 0 Å². The Balaban J connectivity index is 2.70. The van der Waals surface area contributed by atoms with Crippen LogP contribution in [-0.4, -0.2) is 41.6 Å². The molecule has 0 spiro atoms. The van der Waals surface area contributed by atoms with E-state index < -0.39 is 0 Å². The molecule has 1 aromatic rings. The second kappa shape index (κ2) is 9.07. The largest absolute Gasteiger partial charge is 0.351 e. The van der Waals surface area contributed by atoms with Gasteiger partial charge in [-0.3, -0.25) is 0 Å². The molecule has 0 aromatic carbocycles. The van der Waals surface area contributed by atoms with E-state index in [0.717, 1.165) is 25.2 Å². The third kappa shape index (κ3) is 5.30. The molecule has 0 aliphatic rings. The van der Waals surface area contributed by atoms with E-state index in [1.54, 1.807) is 0 Å². The zero-order chi connectivity index (χ0) is 14.1. The SMILES string of the molecule is CCCNC(Cc1nccn1C)C(OCC)OCC. The Labute approximate surface area is 116 Å². The van der Waals surface area contributed by atoms with Crippen molar-refractivity contribution in [3.8, 4) is 0 Å². The van der Waals surface area contributed by atoms with Crippen LogP contribution < -0.4 is 5.32 Å². The fraction of sp³-hybridized carbons (Fsp3) is 0.786. The van der Waals surface area contributed by atoms with Crippen molar-refractivity contribution >= 4 is 0 Å². The summed E-state index contributed by atoms with van der Waals surface area (Å²) in [6.45, 7) is 8.38. The molecule has 1 aromatic heterocycles. The minimum atomic E-state index is -0.224. The summed E-state index contributed by atoms with van der Waals surface area (Å²) in [5.74, 6) is 1.04. The van der Waals surface area contributed by atoms with Gasteiger partial charge in [0.2, 0.25) is 0 Å². The van der Waals surface area contributed by atoms with Crippen molar-refractivity contribution < 1.29 is 9.47 Å². The van der Waals surface area contributed by atoms with Crippen molar-refractivity contribution in [1.29, 1.82) is 0 Å². The van der Waals surface area contributed by atoms with Crippen LogP contribution in [0, 0.1) is 0 Å². The van der Waals surface area contributed by atoms with E-state index in [2.05, 4.69) is 17.2 Å². The molecule has 110 valence electrons. The molecule has 0 aliphatic heterocycles. The molecule has 0 fully saturated rings. The first-order valence-corrected chi connectivity index (χ1v) is 7.15. The van der Waals surface area contributed by atoms with E-state index in [1.807, 2.05) is 37.9 Å². The summed E-state index contributed by atoms with van der Waals surface area (Å²) in [7, 11) is 2.01. The highest BCUT2D eigenvalue weighted by molar-refractivity contribution is 4.95. The summed E-state index contributed by atoms with van der Waals surface area (Å²) < 4.78 is 13.5. The van der Waals surface area contributed by atoms with Gasteiger partial charge in [0.15, 0.2) is 6.29 Å². The molecule has 0 bridgehead atoms. The van der Waals surface area contributed by atoms with Gasteiger partial charge in [0, 0.05) is 39.1 Å². The van der Waals surface area contributed by atoms with Crippen molar-refractivity contribution in [3.05, 3.63) is 18.2 Å². The molecule has 1 heterocycles. The standard InChI is InChI=1S/C14H27N3O2/c1-5-8-15-12(14(18-6-2)19-7-3)11-13-16-9-10-17(13)4/h9-10,12,14-15H,5-8,11H2,1-4H3. The lowest BCUT2D eigenvalue weighted by molar-refractivity contribution is -0.154. The highest BCUT2D eigenvalue weighted by Crippen LogP contribution is 2.09. The number of aromatic nitrogens is 2. The van der Waals surface area contributed by atoms with Gasteiger partial charge < -0.3 is 19.4 Å². The van der Waals surface area contributed by atoms with Crippen LogP contribution >= 0.6 is 0 Å². The Hall–Kier alpha value is -0.910. The summed E-state index contributed by atoms with van der Waals surface area (Å²) in [6.07, 6.45) is 5.44. The summed E-state index contributed by atoms with van der Waals surface area (Å²) >= 11 is 0. The van der Waals surface area contributed by atoms with Gasteiger partial charge in [0.05, 0.1) is 6.04 Å². The zero-order valence-electron chi connectivity index (χ0n) is 12.6. The van der Waals surface area contributed by atoms with Gasteiger partial charge in [0.25, 0.3) is 0 Å². The van der Waals surface area contributed by atoms with Crippen LogP contribution in [0.2, 0.25) is 0 Å². The molecule has 1 atom stereocenters. The number of imidazole rings is 1. The van der Waals surface area contributed by atoms with Gasteiger partial charge >= 0.3 is 0 Å². The van der Waals surface area contributed by atoms with E-state index in [-0.39, 0.29) is 12.3 Å². The Bertz CT molecular complexity index is 335. The van der Waals surface area contributed by atoms with Gasteiger partial charge in [-0.25, -0.2) is 4.98 Å². The number of rotatable bonds is 10. The predicted octanol–water partition coefficient (Wildman–Crippen LogP) is 1.73. The van der Waals surface area contributed by atoms with E-state index >= 15 is 0 Å². The minimum absolute atomic E-state index is 0.126. The quantitative estimate of drug-likeness (QED) is 0.657. The van der Waals surface area contributed by atoms with Crippen LogP contribution in [-0.2, 0) is 22.9 Å². The maximum atomic E-state index is 5.71. The first-order valence-electron chi connectivity index (χ1n) is 7.15. The second-order valence-corrected chi connectivity index (χ2v) is 4.50. The van der Waals surface area contributed by atoms with E-state index in [0.29, 0.717) is 13.2 Å².